The molecule has 3 nitrogen and oxygen atoms in total. The number of imidazole rings is 1. The van der Waals surface area contributed by atoms with Crippen molar-refractivity contribution < 1.29 is 0 Å². The van der Waals surface area contributed by atoms with Crippen LogP contribution in [0.25, 0.3) is 5.65 Å². The van der Waals surface area contributed by atoms with Crippen LogP contribution in [0.1, 0.15) is 0 Å². The van der Waals surface area contributed by atoms with Gasteiger partial charge >= 0.3 is 0 Å². The standard InChI is InChI=1S/C6H3Cl2N3/c7-4-3-5-9-1-2-11(5)10-6(4)8/h1-3H. The SMILES string of the molecule is Clc1cc2nccn2nc1Cl. The summed E-state index contributed by atoms with van der Waals surface area (Å²) in [6.45, 7) is 0. The number of hydrogen-bond acceptors (Lipinski definition) is 2. The lowest BCUT2D eigenvalue weighted by Crippen LogP contribution is -1.90. The Morgan fingerprint density at radius 2 is 2.18 bits per heavy atom. The Morgan fingerprint density at radius 1 is 1.36 bits per heavy atom. The van der Waals surface area contributed by atoms with Gasteiger partial charge in [-0.25, -0.2) is 9.50 Å². The second-order valence-corrected chi connectivity index (χ2v) is 2.78. The van der Waals surface area contributed by atoms with Gasteiger partial charge in [-0.05, 0) is 0 Å². The van der Waals surface area contributed by atoms with Crippen molar-refractivity contribution in [3.63, 3.8) is 0 Å². The van der Waals surface area contributed by atoms with Crippen molar-refractivity contribution >= 4 is 28.8 Å². The molecule has 5 heteroatoms. The fraction of sp³-hybridized carbons (Fsp3) is 0. The second kappa shape index (κ2) is 2.36. The predicted molar refractivity (Wildman–Crippen MR) is 43.0 cm³/mol. The molecule has 0 amide bonds. The van der Waals surface area contributed by atoms with Crippen LogP contribution in [0.5, 0.6) is 0 Å². The number of halogens is 2. The largest absolute Gasteiger partial charge is 0.235 e. The third kappa shape index (κ3) is 1.06. The first-order chi connectivity index (χ1) is 5.27. The third-order valence-corrected chi connectivity index (χ3v) is 1.96. The molecule has 0 spiro atoms. The van der Waals surface area contributed by atoms with Crippen LogP contribution < -0.4 is 0 Å². The fourth-order valence-electron chi connectivity index (χ4n) is 0.812. The summed E-state index contributed by atoms with van der Waals surface area (Å²) in [7, 11) is 0. The summed E-state index contributed by atoms with van der Waals surface area (Å²) in [5.41, 5.74) is 0.694. The molecule has 0 aromatic carbocycles. The molecule has 0 saturated carbocycles. The van der Waals surface area contributed by atoms with Crippen LogP contribution in [0.15, 0.2) is 18.5 Å². The summed E-state index contributed by atoms with van der Waals surface area (Å²) in [5, 5.41) is 4.63. The first-order valence-corrected chi connectivity index (χ1v) is 3.68. The highest BCUT2D eigenvalue weighted by atomic mass is 35.5. The average molecular weight is 188 g/mol. The van der Waals surface area contributed by atoms with Crippen molar-refractivity contribution in [3.05, 3.63) is 28.6 Å². The summed E-state index contributed by atoms with van der Waals surface area (Å²) < 4.78 is 1.56. The molecule has 2 heterocycles. The Hall–Kier alpha value is -0.800. The molecule has 0 bridgehead atoms. The number of hydrogen-bond donors (Lipinski definition) is 0. The number of rotatable bonds is 0. The minimum atomic E-state index is 0.289. The van der Waals surface area contributed by atoms with E-state index in [9.17, 15) is 0 Å². The molecule has 0 aliphatic carbocycles. The lowest BCUT2D eigenvalue weighted by atomic mass is 10.5. The smallest absolute Gasteiger partial charge is 0.168 e. The Bertz CT molecular complexity index is 360. The maximum Gasteiger partial charge on any atom is 0.168 e. The van der Waals surface area contributed by atoms with Gasteiger partial charge in [-0.1, -0.05) is 23.2 Å². The zero-order valence-corrected chi connectivity index (χ0v) is 6.84. The van der Waals surface area contributed by atoms with E-state index in [1.807, 2.05) is 0 Å². The zero-order valence-electron chi connectivity index (χ0n) is 5.33. The topological polar surface area (TPSA) is 30.2 Å². The van der Waals surface area contributed by atoms with Crippen LogP contribution in [0.4, 0.5) is 0 Å². The van der Waals surface area contributed by atoms with Gasteiger partial charge in [0.05, 0.1) is 5.02 Å². The molecule has 0 fully saturated rings. The minimum absolute atomic E-state index is 0.289. The summed E-state index contributed by atoms with van der Waals surface area (Å²) in [5.74, 6) is 0. The van der Waals surface area contributed by atoms with E-state index in [0.29, 0.717) is 10.7 Å². The van der Waals surface area contributed by atoms with Gasteiger partial charge in [0.15, 0.2) is 10.8 Å². The minimum Gasteiger partial charge on any atom is -0.235 e. The number of fused-ring (bicyclic) bond motifs is 1. The maximum absolute atomic E-state index is 5.70. The first kappa shape index (κ1) is 6.88. The summed E-state index contributed by atoms with van der Waals surface area (Å²) in [4.78, 5) is 3.98. The summed E-state index contributed by atoms with van der Waals surface area (Å²) >= 11 is 11.3. The fourth-order valence-corrected chi connectivity index (χ4v) is 1.08. The highest BCUT2D eigenvalue weighted by Gasteiger charge is 2.01. The highest BCUT2D eigenvalue weighted by molar-refractivity contribution is 6.41. The van der Waals surface area contributed by atoms with E-state index in [1.54, 1.807) is 23.0 Å². The predicted octanol–water partition coefficient (Wildman–Crippen LogP) is 2.04. The lowest BCUT2D eigenvalue weighted by molar-refractivity contribution is 0.937. The van der Waals surface area contributed by atoms with Gasteiger partial charge in [0.2, 0.25) is 0 Å². The van der Waals surface area contributed by atoms with Gasteiger partial charge in [0.1, 0.15) is 0 Å². The van der Waals surface area contributed by atoms with Crippen LogP contribution in [0.3, 0.4) is 0 Å². The Kier molecular flexibility index (Phi) is 1.47. The summed E-state index contributed by atoms with van der Waals surface area (Å²) in [6.07, 6.45) is 3.34. The Labute approximate surface area is 72.6 Å². The molecule has 56 valence electrons. The van der Waals surface area contributed by atoms with Crippen LogP contribution >= 0.6 is 23.2 Å². The number of nitrogens with zero attached hydrogens (tertiary/aromatic N) is 3. The van der Waals surface area contributed by atoms with Crippen LogP contribution in [0, 0.1) is 0 Å². The first-order valence-electron chi connectivity index (χ1n) is 2.93. The molecule has 0 aliphatic heterocycles. The van der Waals surface area contributed by atoms with Crippen LogP contribution in [-0.2, 0) is 0 Å². The van der Waals surface area contributed by atoms with Gasteiger partial charge in [-0.2, -0.15) is 5.10 Å². The molecule has 0 N–H and O–H groups in total. The molecule has 11 heavy (non-hydrogen) atoms. The molecule has 0 aliphatic rings. The molecule has 2 aromatic rings. The van der Waals surface area contributed by atoms with Crippen molar-refractivity contribution in [1.29, 1.82) is 0 Å². The van der Waals surface area contributed by atoms with Crippen LogP contribution in [-0.4, -0.2) is 14.6 Å². The van der Waals surface area contributed by atoms with Gasteiger partial charge in [0, 0.05) is 18.5 Å². The molecular weight excluding hydrogens is 185 g/mol. The van der Waals surface area contributed by atoms with Crippen molar-refractivity contribution in [1.82, 2.24) is 14.6 Å². The number of aromatic nitrogens is 3. The van der Waals surface area contributed by atoms with E-state index in [1.165, 1.54) is 0 Å². The third-order valence-electron chi connectivity index (χ3n) is 1.30. The van der Waals surface area contributed by atoms with E-state index in [-0.39, 0.29) is 5.15 Å². The molecule has 2 rings (SSSR count). The van der Waals surface area contributed by atoms with Gasteiger partial charge < -0.3 is 0 Å². The van der Waals surface area contributed by atoms with E-state index in [0.717, 1.165) is 0 Å². The monoisotopic (exact) mass is 187 g/mol. The molecular formula is C6H3Cl2N3. The van der Waals surface area contributed by atoms with Gasteiger partial charge in [-0.3, -0.25) is 0 Å². The van der Waals surface area contributed by atoms with E-state index < -0.39 is 0 Å². The molecule has 0 saturated heterocycles. The summed E-state index contributed by atoms with van der Waals surface area (Å²) in [6, 6.07) is 1.66. The zero-order chi connectivity index (χ0) is 7.84. The molecule has 0 radical (unpaired) electrons. The molecule has 2 aromatic heterocycles. The molecule has 0 unspecified atom stereocenters. The van der Waals surface area contributed by atoms with Crippen molar-refractivity contribution in [2.75, 3.05) is 0 Å². The lowest BCUT2D eigenvalue weighted by Gasteiger charge is -1.94. The highest BCUT2D eigenvalue weighted by Crippen LogP contribution is 2.19. The molecule has 0 atom stereocenters. The van der Waals surface area contributed by atoms with Crippen molar-refractivity contribution in [3.8, 4) is 0 Å². The normalized spacial score (nSPS) is 10.7. The average Bonchev–Trinajstić information content (AvgIpc) is 2.36. The van der Waals surface area contributed by atoms with E-state index in [4.69, 9.17) is 23.2 Å². The van der Waals surface area contributed by atoms with E-state index in [2.05, 4.69) is 10.1 Å². The Morgan fingerprint density at radius 3 is 3.00 bits per heavy atom. The van der Waals surface area contributed by atoms with Crippen molar-refractivity contribution in [2.45, 2.75) is 0 Å². The van der Waals surface area contributed by atoms with Gasteiger partial charge in [-0.15, -0.1) is 0 Å². The van der Waals surface area contributed by atoms with Crippen molar-refractivity contribution in [2.24, 2.45) is 0 Å². The Balaban J connectivity index is 2.86. The maximum atomic E-state index is 5.70. The second-order valence-electron chi connectivity index (χ2n) is 2.01. The van der Waals surface area contributed by atoms with E-state index >= 15 is 0 Å². The quantitative estimate of drug-likeness (QED) is 0.633. The van der Waals surface area contributed by atoms with Gasteiger partial charge in [0.25, 0.3) is 0 Å². The van der Waals surface area contributed by atoms with Crippen LogP contribution in [0.2, 0.25) is 10.2 Å².